The summed E-state index contributed by atoms with van der Waals surface area (Å²) in [7, 11) is 0. The lowest BCUT2D eigenvalue weighted by Gasteiger charge is -2.07. The van der Waals surface area contributed by atoms with E-state index in [0.717, 1.165) is 5.56 Å². The minimum Gasteiger partial charge on any atom is -0.508 e. The molecule has 0 amide bonds. The van der Waals surface area contributed by atoms with Gasteiger partial charge in [-0.25, -0.2) is 0 Å². The monoisotopic (exact) mass is 200 g/mol. The first-order chi connectivity index (χ1) is 7.25. The summed E-state index contributed by atoms with van der Waals surface area (Å²) in [6.07, 6.45) is 9.06. The molecule has 1 atom stereocenters. The zero-order valence-corrected chi connectivity index (χ0v) is 8.17. The van der Waals surface area contributed by atoms with Crippen molar-refractivity contribution < 1.29 is 10.2 Å². The van der Waals surface area contributed by atoms with Gasteiger partial charge in [0.15, 0.2) is 0 Å². The molecule has 1 aromatic rings. The van der Waals surface area contributed by atoms with Gasteiger partial charge in [-0.2, -0.15) is 0 Å². The summed E-state index contributed by atoms with van der Waals surface area (Å²) in [6.45, 7) is 0. The maximum absolute atomic E-state index is 9.28. The summed E-state index contributed by atoms with van der Waals surface area (Å²) < 4.78 is 0. The summed E-state index contributed by atoms with van der Waals surface area (Å²) in [5, 5.41) is 18.4. The zero-order valence-electron chi connectivity index (χ0n) is 8.17. The third-order valence-corrected chi connectivity index (χ3v) is 2.34. The largest absolute Gasteiger partial charge is 0.508 e. The van der Waals surface area contributed by atoms with Crippen molar-refractivity contribution in [2.75, 3.05) is 0 Å². The molecule has 0 aromatic heterocycles. The SMILES string of the molecule is OC1=CC=CC(c2ccc(O)cc2)C=C1. The van der Waals surface area contributed by atoms with E-state index >= 15 is 0 Å². The van der Waals surface area contributed by atoms with E-state index in [0.29, 0.717) is 0 Å². The van der Waals surface area contributed by atoms with Crippen molar-refractivity contribution in [3.63, 3.8) is 0 Å². The number of aliphatic hydroxyl groups excluding tert-OH is 1. The Labute approximate surface area is 88.5 Å². The Balaban J connectivity index is 2.26. The molecule has 1 aromatic carbocycles. The number of allylic oxidation sites excluding steroid dienone is 5. The van der Waals surface area contributed by atoms with Crippen LogP contribution < -0.4 is 0 Å². The van der Waals surface area contributed by atoms with Crippen LogP contribution in [0.25, 0.3) is 0 Å². The van der Waals surface area contributed by atoms with Crippen molar-refractivity contribution in [1.29, 1.82) is 0 Å². The third-order valence-electron chi connectivity index (χ3n) is 2.34. The Kier molecular flexibility index (Phi) is 2.59. The molecule has 76 valence electrons. The highest BCUT2D eigenvalue weighted by atomic mass is 16.3. The highest BCUT2D eigenvalue weighted by Crippen LogP contribution is 2.23. The minimum absolute atomic E-state index is 0.145. The predicted octanol–water partition coefficient (Wildman–Crippen LogP) is 3.04. The van der Waals surface area contributed by atoms with Crippen LogP contribution in [0.3, 0.4) is 0 Å². The Morgan fingerprint density at radius 3 is 2.40 bits per heavy atom. The number of benzene rings is 1. The second-order valence-electron chi connectivity index (χ2n) is 3.45. The number of hydrogen-bond acceptors (Lipinski definition) is 2. The number of aromatic hydroxyl groups is 1. The van der Waals surface area contributed by atoms with E-state index in [-0.39, 0.29) is 17.4 Å². The average molecular weight is 200 g/mol. The topological polar surface area (TPSA) is 40.5 Å². The first-order valence-electron chi connectivity index (χ1n) is 4.80. The molecule has 0 heterocycles. The molecule has 0 radical (unpaired) electrons. The van der Waals surface area contributed by atoms with Crippen molar-refractivity contribution in [3.05, 3.63) is 66.0 Å². The molecule has 2 N–H and O–H groups in total. The van der Waals surface area contributed by atoms with Crippen LogP contribution in [-0.2, 0) is 0 Å². The molecular weight excluding hydrogens is 188 g/mol. The molecular formula is C13H12O2. The quantitative estimate of drug-likeness (QED) is 0.731. The molecule has 0 saturated carbocycles. The normalized spacial score (nSPS) is 19.7. The van der Waals surface area contributed by atoms with E-state index in [1.54, 1.807) is 24.3 Å². The maximum atomic E-state index is 9.28. The summed E-state index contributed by atoms with van der Waals surface area (Å²) in [4.78, 5) is 0. The second-order valence-corrected chi connectivity index (χ2v) is 3.45. The van der Waals surface area contributed by atoms with E-state index in [9.17, 15) is 5.11 Å². The lowest BCUT2D eigenvalue weighted by atomic mass is 9.98. The predicted molar refractivity (Wildman–Crippen MR) is 59.8 cm³/mol. The van der Waals surface area contributed by atoms with Crippen LogP contribution in [0, 0.1) is 0 Å². The standard InChI is InChI=1S/C13H12O2/c14-12-3-1-2-10(4-7-12)11-5-8-13(15)9-6-11/h1-10,14-15H. The van der Waals surface area contributed by atoms with Crippen molar-refractivity contribution in [2.24, 2.45) is 0 Å². The average Bonchev–Trinajstić information content (AvgIpc) is 2.44. The molecule has 0 aliphatic heterocycles. The van der Waals surface area contributed by atoms with Gasteiger partial charge < -0.3 is 10.2 Å². The lowest BCUT2D eigenvalue weighted by molar-refractivity contribution is 0.432. The highest BCUT2D eigenvalue weighted by molar-refractivity contribution is 5.37. The molecule has 0 bridgehead atoms. The van der Waals surface area contributed by atoms with Gasteiger partial charge >= 0.3 is 0 Å². The molecule has 2 rings (SSSR count). The molecule has 0 saturated heterocycles. The number of aliphatic hydroxyl groups is 1. The van der Waals surface area contributed by atoms with Crippen LogP contribution in [0.2, 0.25) is 0 Å². The first-order valence-corrected chi connectivity index (χ1v) is 4.80. The number of phenols is 1. The van der Waals surface area contributed by atoms with Crippen LogP contribution in [-0.4, -0.2) is 10.2 Å². The summed E-state index contributed by atoms with van der Waals surface area (Å²) >= 11 is 0. The highest BCUT2D eigenvalue weighted by Gasteiger charge is 2.05. The molecule has 2 heteroatoms. The summed E-state index contributed by atoms with van der Waals surface area (Å²) in [5.41, 5.74) is 1.09. The van der Waals surface area contributed by atoms with E-state index in [2.05, 4.69) is 0 Å². The summed E-state index contributed by atoms with van der Waals surface area (Å²) in [5.74, 6) is 0.667. The van der Waals surface area contributed by atoms with Crippen molar-refractivity contribution in [1.82, 2.24) is 0 Å². The Morgan fingerprint density at radius 2 is 1.67 bits per heavy atom. The molecule has 0 fully saturated rings. The van der Waals surface area contributed by atoms with Crippen LogP contribution in [0.5, 0.6) is 5.75 Å². The van der Waals surface area contributed by atoms with E-state index in [1.165, 1.54) is 0 Å². The van der Waals surface area contributed by atoms with Gasteiger partial charge in [0, 0.05) is 5.92 Å². The number of phenolic OH excluding ortho intramolecular Hbond substituents is 1. The molecule has 15 heavy (non-hydrogen) atoms. The van der Waals surface area contributed by atoms with Crippen LogP contribution >= 0.6 is 0 Å². The fourth-order valence-electron chi connectivity index (χ4n) is 1.51. The zero-order chi connectivity index (χ0) is 10.7. The van der Waals surface area contributed by atoms with Gasteiger partial charge in [-0.15, -0.1) is 0 Å². The van der Waals surface area contributed by atoms with Gasteiger partial charge in [-0.05, 0) is 29.8 Å². The third kappa shape index (κ3) is 2.29. The van der Waals surface area contributed by atoms with Crippen molar-refractivity contribution in [2.45, 2.75) is 5.92 Å². The van der Waals surface area contributed by atoms with Crippen LogP contribution in [0.4, 0.5) is 0 Å². The molecule has 1 unspecified atom stereocenters. The van der Waals surface area contributed by atoms with Gasteiger partial charge in [0.25, 0.3) is 0 Å². The van der Waals surface area contributed by atoms with Gasteiger partial charge in [-0.3, -0.25) is 0 Å². The van der Waals surface area contributed by atoms with Gasteiger partial charge in [-0.1, -0.05) is 30.4 Å². The Bertz CT molecular complexity index is 424. The molecule has 2 nitrogen and oxygen atoms in total. The van der Waals surface area contributed by atoms with Crippen molar-refractivity contribution >= 4 is 0 Å². The van der Waals surface area contributed by atoms with E-state index in [4.69, 9.17) is 5.11 Å². The second kappa shape index (κ2) is 4.05. The fourth-order valence-corrected chi connectivity index (χ4v) is 1.51. The van der Waals surface area contributed by atoms with Gasteiger partial charge in [0.2, 0.25) is 0 Å². The smallest absolute Gasteiger partial charge is 0.115 e. The van der Waals surface area contributed by atoms with E-state index < -0.39 is 0 Å². The summed E-state index contributed by atoms with van der Waals surface area (Å²) in [6, 6.07) is 7.07. The Morgan fingerprint density at radius 1 is 0.933 bits per heavy atom. The van der Waals surface area contributed by atoms with Gasteiger partial charge in [0.1, 0.15) is 11.5 Å². The first kappa shape index (κ1) is 9.59. The van der Waals surface area contributed by atoms with Crippen molar-refractivity contribution in [3.8, 4) is 5.75 Å². The molecule has 1 aliphatic carbocycles. The van der Waals surface area contributed by atoms with Crippen LogP contribution in [0.15, 0.2) is 60.4 Å². The minimum atomic E-state index is 0.145. The molecule has 1 aliphatic rings. The fraction of sp³-hybridized carbons (Fsp3) is 0.0769. The van der Waals surface area contributed by atoms with Crippen LogP contribution in [0.1, 0.15) is 11.5 Å². The van der Waals surface area contributed by atoms with E-state index in [1.807, 2.05) is 30.4 Å². The number of hydrogen-bond donors (Lipinski definition) is 2. The lowest BCUT2D eigenvalue weighted by Crippen LogP contribution is -1.89. The number of rotatable bonds is 1. The maximum Gasteiger partial charge on any atom is 0.115 e. The van der Waals surface area contributed by atoms with Gasteiger partial charge in [0.05, 0.1) is 0 Å². The Hall–Kier alpha value is -1.96. The molecule has 0 spiro atoms.